The molecule has 186 valence electrons. The Morgan fingerprint density at radius 2 is 1.86 bits per heavy atom. The van der Waals surface area contributed by atoms with Gasteiger partial charge in [-0.3, -0.25) is 19.5 Å². The van der Waals surface area contributed by atoms with Crippen LogP contribution in [-0.2, 0) is 4.79 Å². The van der Waals surface area contributed by atoms with Crippen molar-refractivity contribution in [3.8, 4) is 11.5 Å². The highest BCUT2D eigenvalue weighted by Crippen LogP contribution is 2.47. The molecule has 0 fully saturated rings. The lowest BCUT2D eigenvalue weighted by atomic mass is 9.92. The second kappa shape index (κ2) is 8.37. The Morgan fingerprint density at radius 1 is 1.11 bits per heavy atom. The number of hydrogen-bond donors (Lipinski definition) is 2. The van der Waals surface area contributed by atoms with Gasteiger partial charge in [-0.05, 0) is 50.6 Å². The van der Waals surface area contributed by atoms with Gasteiger partial charge in [-0.25, -0.2) is 4.98 Å². The molecule has 1 atom stereocenters. The maximum absolute atomic E-state index is 13.9. The molecule has 3 aromatic carbocycles. The van der Waals surface area contributed by atoms with Crippen molar-refractivity contribution in [3.63, 3.8) is 0 Å². The Morgan fingerprint density at radius 3 is 2.62 bits per heavy atom. The summed E-state index contributed by atoms with van der Waals surface area (Å²) in [5, 5.41) is 18.5. The van der Waals surface area contributed by atoms with Crippen LogP contribution in [0, 0.1) is 24.0 Å². The highest BCUT2D eigenvalue weighted by Gasteiger charge is 2.39. The lowest BCUT2D eigenvalue weighted by Crippen LogP contribution is -2.31. The lowest BCUT2D eigenvalue weighted by molar-refractivity contribution is -0.385. The molecule has 1 amide bonds. The minimum absolute atomic E-state index is 0.0314. The summed E-state index contributed by atoms with van der Waals surface area (Å²) >= 11 is 0. The quantitative estimate of drug-likeness (QED) is 0.293. The molecule has 0 spiro atoms. The van der Waals surface area contributed by atoms with Crippen LogP contribution < -0.4 is 20.1 Å². The molecule has 10 nitrogen and oxygen atoms in total. The summed E-state index contributed by atoms with van der Waals surface area (Å²) in [5.41, 5.74) is 5.07. The number of anilines is 2. The number of aryl methyl sites for hydroxylation is 2. The second-order valence-electron chi connectivity index (χ2n) is 9.15. The predicted molar refractivity (Wildman–Crippen MR) is 138 cm³/mol. The molecule has 1 unspecified atom stereocenters. The van der Waals surface area contributed by atoms with Crippen molar-refractivity contribution in [2.75, 3.05) is 17.4 Å². The average Bonchev–Trinajstić information content (AvgIpc) is 3.47. The van der Waals surface area contributed by atoms with E-state index in [1.807, 2.05) is 60.9 Å². The molecular formula is C27H23N5O5. The van der Waals surface area contributed by atoms with Crippen LogP contribution in [0.1, 0.15) is 29.7 Å². The van der Waals surface area contributed by atoms with Crippen molar-refractivity contribution in [1.29, 1.82) is 0 Å². The number of ether oxygens (including phenoxy) is 2. The molecule has 4 aromatic rings. The average molecular weight is 498 g/mol. The first-order valence-corrected chi connectivity index (χ1v) is 11.7. The van der Waals surface area contributed by atoms with Crippen LogP contribution in [0.5, 0.6) is 11.5 Å². The molecule has 6 rings (SSSR count). The van der Waals surface area contributed by atoms with Gasteiger partial charge in [-0.15, -0.1) is 0 Å². The number of imidazole rings is 1. The molecule has 0 aliphatic carbocycles. The number of rotatable bonds is 4. The number of amides is 1. The van der Waals surface area contributed by atoms with Gasteiger partial charge in [0.15, 0.2) is 11.5 Å². The fourth-order valence-electron chi connectivity index (χ4n) is 5.02. The van der Waals surface area contributed by atoms with Crippen LogP contribution >= 0.6 is 0 Å². The Bertz CT molecular complexity index is 1650. The molecule has 2 aliphatic heterocycles. The first-order valence-electron chi connectivity index (χ1n) is 11.7. The fraction of sp³-hybridized carbons (Fsp3) is 0.185. The van der Waals surface area contributed by atoms with E-state index in [2.05, 4.69) is 15.6 Å². The maximum Gasteiger partial charge on any atom is 0.279 e. The lowest BCUT2D eigenvalue weighted by Gasteiger charge is -2.30. The number of hydrogen-bond acceptors (Lipinski definition) is 7. The van der Waals surface area contributed by atoms with Crippen LogP contribution in [0.3, 0.4) is 0 Å². The zero-order valence-electron chi connectivity index (χ0n) is 20.4. The first-order chi connectivity index (χ1) is 17.8. The van der Waals surface area contributed by atoms with Crippen LogP contribution in [0.2, 0.25) is 0 Å². The summed E-state index contributed by atoms with van der Waals surface area (Å²) in [6, 6.07) is 15.3. The zero-order chi connectivity index (χ0) is 25.8. The van der Waals surface area contributed by atoms with Gasteiger partial charge in [0, 0.05) is 11.4 Å². The molecule has 0 bridgehead atoms. The second-order valence-corrected chi connectivity index (χ2v) is 9.15. The summed E-state index contributed by atoms with van der Waals surface area (Å²) in [6.07, 6.45) is 0. The molecule has 37 heavy (non-hydrogen) atoms. The molecule has 0 saturated heterocycles. The van der Waals surface area contributed by atoms with E-state index in [-0.39, 0.29) is 18.4 Å². The third kappa shape index (κ3) is 3.65. The van der Waals surface area contributed by atoms with Crippen molar-refractivity contribution in [1.82, 2.24) is 9.55 Å². The predicted octanol–water partition coefficient (Wildman–Crippen LogP) is 5.22. The number of nitrogens with zero attached hydrogens (tertiary/aromatic N) is 3. The van der Waals surface area contributed by atoms with E-state index in [0.29, 0.717) is 45.5 Å². The third-order valence-corrected chi connectivity index (χ3v) is 6.72. The zero-order valence-corrected chi connectivity index (χ0v) is 20.4. The van der Waals surface area contributed by atoms with Crippen LogP contribution in [0.4, 0.5) is 17.3 Å². The molecule has 2 aliphatic rings. The highest BCUT2D eigenvalue weighted by atomic mass is 16.7. The summed E-state index contributed by atoms with van der Waals surface area (Å²) in [4.78, 5) is 30.4. The maximum atomic E-state index is 13.9. The van der Waals surface area contributed by atoms with Gasteiger partial charge in [0.25, 0.3) is 11.6 Å². The van der Waals surface area contributed by atoms with E-state index in [1.54, 1.807) is 13.0 Å². The van der Waals surface area contributed by atoms with Crippen molar-refractivity contribution >= 4 is 34.3 Å². The molecule has 0 saturated carbocycles. The molecular weight excluding hydrogens is 474 g/mol. The molecule has 10 heteroatoms. The minimum Gasteiger partial charge on any atom is -0.454 e. The molecule has 0 radical (unpaired) electrons. The van der Waals surface area contributed by atoms with E-state index in [4.69, 9.17) is 9.47 Å². The van der Waals surface area contributed by atoms with E-state index in [9.17, 15) is 14.9 Å². The third-order valence-electron chi connectivity index (χ3n) is 6.72. The van der Waals surface area contributed by atoms with Crippen LogP contribution in [-0.4, -0.2) is 27.2 Å². The van der Waals surface area contributed by atoms with Gasteiger partial charge in [-0.2, -0.15) is 0 Å². The Hall–Kier alpha value is -4.86. The van der Waals surface area contributed by atoms with E-state index >= 15 is 0 Å². The molecule has 3 heterocycles. The van der Waals surface area contributed by atoms with Gasteiger partial charge >= 0.3 is 0 Å². The SMILES string of the molecule is CC1=C(C(=O)Nc2ccc(C)cc2C)C(c2cc3c(cc2[N+](=O)[O-])OCO3)n2c(nc3ccccc32)N1. The summed E-state index contributed by atoms with van der Waals surface area (Å²) < 4.78 is 12.8. The van der Waals surface area contributed by atoms with E-state index in [1.165, 1.54) is 6.07 Å². The van der Waals surface area contributed by atoms with Gasteiger partial charge in [0.1, 0.15) is 6.04 Å². The summed E-state index contributed by atoms with van der Waals surface area (Å²) in [5.74, 6) is 0.787. The monoisotopic (exact) mass is 497 g/mol. The van der Waals surface area contributed by atoms with Crippen molar-refractivity contribution in [2.24, 2.45) is 0 Å². The number of carbonyl (C=O) groups is 1. The van der Waals surface area contributed by atoms with Crippen molar-refractivity contribution in [2.45, 2.75) is 26.8 Å². The van der Waals surface area contributed by atoms with Crippen molar-refractivity contribution in [3.05, 3.63) is 92.7 Å². The van der Waals surface area contributed by atoms with E-state index < -0.39 is 11.0 Å². The summed E-state index contributed by atoms with van der Waals surface area (Å²) in [6.45, 7) is 5.64. The number of carbonyl (C=O) groups excluding carboxylic acids is 1. The number of aromatic nitrogens is 2. The van der Waals surface area contributed by atoms with Gasteiger partial charge in [0.2, 0.25) is 12.7 Å². The largest absolute Gasteiger partial charge is 0.454 e. The number of benzene rings is 3. The normalized spacial score (nSPS) is 15.9. The number of fused-ring (bicyclic) bond motifs is 4. The smallest absolute Gasteiger partial charge is 0.279 e. The molecule has 1 aromatic heterocycles. The first kappa shape index (κ1) is 22.6. The number of nitrogens with one attached hydrogen (secondary N) is 2. The Balaban J connectivity index is 1.57. The van der Waals surface area contributed by atoms with Crippen LogP contribution in [0.15, 0.2) is 65.9 Å². The Kier molecular flexibility index (Phi) is 5.11. The minimum atomic E-state index is -0.857. The number of para-hydroxylation sites is 2. The van der Waals surface area contributed by atoms with Gasteiger partial charge in [0.05, 0.1) is 33.2 Å². The van der Waals surface area contributed by atoms with E-state index in [0.717, 1.165) is 16.6 Å². The topological polar surface area (TPSA) is 121 Å². The standard InChI is InChI=1S/C27H23N5O5/c1-14-8-9-18(15(2)10-14)29-26(33)24-16(3)28-27-30-19-6-4-5-7-20(19)31(27)25(24)17-11-22-23(37-13-36-22)12-21(17)32(34)35/h4-12,25H,13H2,1-3H3,(H,28,30)(H,29,33). The summed E-state index contributed by atoms with van der Waals surface area (Å²) in [7, 11) is 0. The van der Waals surface area contributed by atoms with Crippen LogP contribution in [0.25, 0.3) is 11.0 Å². The highest BCUT2D eigenvalue weighted by molar-refractivity contribution is 6.07. The van der Waals surface area contributed by atoms with Gasteiger partial charge in [-0.1, -0.05) is 29.8 Å². The number of nitro benzene ring substituents is 1. The number of nitro groups is 1. The Labute approximate surface area is 211 Å². The molecule has 2 N–H and O–H groups in total. The fourth-order valence-corrected chi connectivity index (χ4v) is 5.02. The van der Waals surface area contributed by atoms with Crippen molar-refractivity contribution < 1.29 is 19.2 Å². The van der Waals surface area contributed by atoms with Gasteiger partial charge < -0.3 is 20.1 Å². The number of allylic oxidation sites excluding steroid dienone is 1.